The van der Waals surface area contributed by atoms with E-state index in [1.165, 1.54) is 42.4 Å². The summed E-state index contributed by atoms with van der Waals surface area (Å²) in [6, 6.07) is 14.3. The minimum atomic E-state index is -0.528. The van der Waals surface area contributed by atoms with Crippen LogP contribution in [0, 0.1) is 0 Å². The Bertz CT molecular complexity index is 1150. The number of allylic oxidation sites excluding steroid dienone is 1. The Morgan fingerprint density at radius 2 is 1.81 bits per heavy atom. The fourth-order valence-corrected chi connectivity index (χ4v) is 6.33. The molecule has 5 nitrogen and oxygen atoms in total. The van der Waals surface area contributed by atoms with Crippen molar-refractivity contribution in [1.29, 1.82) is 0 Å². The maximum Gasteiger partial charge on any atom is 0.255 e. The monoisotopic (exact) mass is 484 g/mol. The van der Waals surface area contributed by atoms with Crippen LogP contribution in [0.5, 0.6) is 0 Å². The van der Waals surface area contributed by atoms with Gasteiger partial charge in [0.25, 0.3) is 5.91 Å². The quantitative estimate of drug-likeness (QED) is 0.334. The molecule has 2 aliphatic heterocycles. The van der Waals surface area contributed by atoms with Crippen LogP contribution in [0.25, 0.3) is 6.08 Å². The van der Waals surface area contributed by atoms with Crippen molar-refractivity contribution in [1.82, 2.24) is 9.80 Å². The molecule has 3 aliphatic rings. The van der Waals surface area contributed by atoms with Crippen LogP contribution in [0.15, 0.2) is 48.5 Å². The van der Waals surface area contributed by atoms with Gasteiger partial charge in [-0.3, -0.25) is 4.79 Å². The molecule has 2 aromatic rings. The number of fused-ring (bicyclic) bond motifs is 3. The van der Waals surface area contributed by atoms with Crippen LogP contribution in [0.1, 0.15) is 77.6 Å². The highest BCUT2D eigenvalue weighted by Gasteiger charge is 2.37. The molecule has 1 saturated heterocycles. The number of nitrogens with zero attached hydrogens (tertiary/aromatic N) is 2. The lowest BCUT2D eigenvalue weighted by Crippen LogP contribution is -2.41. The zero-order valence-electron chi connectivity index (χ0n) is 21.0. The summed E-state index contributed by atoms with van der Waals surface area (Å²) in [5.41, 5.74) is 6.16. The Balaban J connectivity index is 1.08. The Kier molecular flexibility index (Phi) is 7.47. The highest BCUT2D eigenvalue weighted by molar-refractivity contribution is 6.00. The van der Waals surface area contributed by atoms with E-state index in [-0.39, 0.29) is 11.3 Å². The first-order valence-corrected chi connectivity index (χ1v) is 13.5. The second kappa shape index (κ2) is 10.9. The van der Waals surface area contributed by atoms with Crippen molar-refractivity contribution in [3.8, 4) is 0 Å². The van der Waals surface area contributed by atoms with Crippen LogP contribution in [0.2, 0.25) is 0 Å². The molecular formula is C31H36N2O3. The molecule has 0 saturated carbocycles. The van der Waals surface area contributed by atoms with Crippen molar-refractivity contribution in [3.05, 3.63) is 76.4 Å². The van der Waals surface area contributed by atoms with Crippen LogP contribution in [0.4, 0.5) is 0 Å². The maximum atomic E-state index is 12.9. The van der Waals surface area contributed by atoms with Crippen molar-refractivity contribution in [2.75, 3.05) is 19.6 Å². The van der Waals surface area contributed by atoms with Crippen molar-refractivity contribution in [3.63, 3.8) is 0 Å². The molecule has 1 amide bonds. The summed E-state index contributed by atoms with van der Waals surface area (Å²) in [4.78, 5) is 39.5. The van der Waals surface area contributed by atoms with E-state index in [4.69, 9.17) is 0 Å². The van der Waals surface area contributed by atoms with Gasteiger partial charge in [-0.1, -0.05) is 55.0 Å². The van der Waals surface area contributed by atoms with Gasteiger partial charge in [-0.05, 0) is 86.5 Å². The van der Waals surface area contributed by atoms with Crippen LogP contribution in [-0.2, 0) is 28.0 Å². The van der Waals surface area contributed by atoms with Gasteiger partial charge < -0.3 is 19.4 Å². The van der Waals surface area contributed by atoms with Crippen molar-refractivity contribution in [2.45, 2.75) is 69.4 Å². The highest BCUT2D eigenvalue weighted by atomic mass is 16.2. The molecule has 0 radical (unpaired) electrons. The summed E-state index contributed by atoms with van der Waals surface area (Å²) >= 11 is 0. The molecule has 188 valence electrons. The predicted molar refractivity (Wildman–Crippen MR) is 142 cm³/mol. The normalized spacial score (nSPS) is 18.9. The largest absolute Gasteiger partial charge is 0.325 e. The molecule has 2 aromatic carbocycles. The summed E-state index contributed by atoms with van der Waals surface area (Å²) in [5.74, 6) is -0.0857. The lowest BCUT2D eigenvalue weighted by atomic mass is 9.74. The third-order valence-corrected chi connectivity index (χ3v) is 8.48. The van der Waals surface area contributed by atoms with Crippen molar-refractivity contribution < 1.29 is 14.4 Å². The van der Waals surface area contributed by atoms with Crippen molar-refractivity contribution >= 4 is 24.6 Å². The van der Waals surface area contributed by atoms with E-state index in [2.05, 4.69) is 47.4 Å². The number of aldehydes is 2. The molecule has 5 rings (SSSR count). The van der Waals surface area contributed by atoms with Crippen molar-refractivity contribution in [2.24, 2.45) is 0 Å². The van der Waals surface area contributed by atoms with Crippen LogP contribution in [-0.4, -0.2) is 54.0 Å². The molecule has 0 N–H and O–H groups in total. The molecule has 1 spiro atoms. The number of hydrogen-bond acceptors (Lipinski definition) is 4. The zero-order chi connectivity index (χ0) is 25.0. The molecule has 1 atom stereocenters. The number of likely N-dealkylation sites (tertiary alicyclic amines) is 1. The number of carbonyl (C=O) groups excluding carboxylic acids is 3. The molecule has 0 aromatic heterocycles. The molecule has 1 unspecified atom stereocenters. The SMILES string of the molecule is O=CCCC(C=O)N1Cc2c(CCCCCN3CCC4(C=Cc5ccccc54)CC3)cccc2C1=O. The summed E-state index contributed by atoms with van der Waals surface area (Å²) in [7, 11) is 0. The number of aryl methyl sites for hydroxylation is 1. The topological polar surface area (TPSA) is 57.7 Å². The summed E-state index contributed by atoms with van der Waals surface area (Å²) < 4.78 is 0. The fourth-order valence-electron chi connectivity index (χ4n) is 6.33. The van der Waals surface area contributed by atoms with Crippen LogP contribution >= 0.6 is 0 Å². The van der Waals surface area contributed by atoms with Gasteiger partial charge in [0.2, 0.25) is 0 Å². The summed E-state index contributed by atoms with van der Waals surface area (Å²) in [6.07, 6.45) is 13.9. The Hall–Kier alpha value is -3.05. The van der Waals surface area contributed by atoms with E-state index in [0.717, 1.165) is 56.2 Å². The first kappa shape index (κ1) is 24.6. The average molecular weight is 485 g/mol. The summed E-state index contributed by atoms with van der Waals surface area (Å²) in [6.45, 7) is 3.94. The number of piperidine rings is 1. The number of amides is 1. The van der Waals surface area contributed by atoms with Crippen LogP contribution in [0.3, 0.4) is 0 Å². The minimum absolute atomic E-state index is 0.0857. The zero-order valence-corrected chi connectivity index (χ0v) is 21.0. The van der Waals surface area contributed by atoms with Gasteiger partial charge in [0, 0.05) is 23.9 Å². The maximum absolute atomic E-state index is 12.9. The smallest absolute Gasteiger partial charge is 0.255 e. The highest BCUT2D eigenvalue weighted by Crippen LogP contribution is 2.43. The van der Waals surface area contributed by atoms with E-state index in [9.17, 15) is 14.4 Å². The van der Waals surface area contributed by atoms with E-state index in [0.29, 0.717) is 19.4 Å². The predicted octanol–water partition coefficient (Wildman–Crippen LogP) is 4.96. The molecule has 0 bridgehead atoms. The molecule has 36 heavy (non-hydrogen) atoms. The third-order valence-electron chi connectivity index (χ3n) is 8.48. The van der Waals surface area contributed by atoms with Crippen LogP contribution < -0.4 is 0 Å². The van der Waals surface area contributed by atoms with Gasteiger partial charge in [-0.15, -0.1) is 0 Å². The number of unbranched alkanes of at least 4 members (excludes halogenated alkanes) is 2. The lowest BCUT2D eigenvalue weighted by Gasteiger charge is -2.39. The van der Waals surface area contributed by atoms with E-state index < -0.39 is 6.04 Å². The molecule has 5 heteroatoms. The van der Waals surface area contributed by atoms with E-state index in [1.54, 1.807) is 4.90 Å². The number of rotatable bonds is 11. The molecular weight excluding hydrogens is 448 g/mol. The number of hydrogen-bond donors (Lipinski definition) is 0. The van der Waals surface area contributed by atoms with Gasteiger partial charge in [0.05, 0.1) is 6.04 Å². The first-order chi connectivity index (χ1) is 17.6. The van der Waals surface area contributed by atoms with Gasteiger partial charge >= 0.3 is 0 Å². The third kappa shape index (κ3) is 4.81. The molecule has 1 aliphatic carbocycles. The molecule has 2 heterocycles. The van der Waals surface area contributed by atoms with E-state index >= 15 is 0 Å². The minimum Gasteiger partial charge on any atom is -0.325 e. The van der Waals surface area contributed by atoms with Gasteiger partial charge in [-0.2, -0.15) is 0 Å². The summed E-state index contributed by atoms with van der Waals surface area (Å²) in [5, 5.41) is 0. The Morgan fingerprint density at radius 3 is 2.61 bits per heavy atom. The fraction of sp³-hybridized carbons (Fsp3) is 0.452. The second-order valence-corrected chi connectivity index (χ2v) is 10.6. The Morgan fingerprint density at radius 1 is 0.972 bits per heavy atom. The van der Waals surface area contributed by atoms with Gasteiger partial charge in [0.1, 0.15) is 12.6 Å². The second-order valence-electron chi connectivity index (χ2n) is 10.6. The number of carbonyl (C=O) groups is 3. The first-order valence-electron chi connectivity index (χ1n) is 13.5. The standard InChI is InChI=1S/C31H36N2O3/c34-21-7-11-26(23-35)33-22-28-24(10-6-12-27(28)30(33)36)8-2-1-5-18-32-19-16-31(17-20-32)15-14-25-9-3-4-13-29(25)31/h3-4,6,9-10,12-15,21,23,26H,1-2,5,7-8,11,16-20,22H2. The Labute approximate surface area is 214 Å². The lowest BCUT2D eigenvalue weighted by molar-refractivity contribution is -0.112. The molecule has 1 fully saturated rings. The van der Waals surface area contributed by atoms with Gasteiger partial charge in [0.15, 0.2) is 0 Å². The van der Waals surface area contributed by atoms with Gasteiger partial charge in [-0.25, -0.2) is 0 Å². The van der Waals surface area contributed by atoms with E-state index in [1.807, 2.05) is 12.1 Å². The average Bonchev–Trinajstić information content (AvgIpc) is 3.44. The number of benzene rings is 2.